The van der Waals surface area contributed by atoms with E-state index in [0.29, 0.717) is 30.1 Å². The zero-order valence-corrected chi connectivity index (χ0v) is 16.6. The summed E-state index contributed by atoms with van der Waals surface area (Å²) in [4.78, 5) is 12.5. The van der Waals surface area contributed by atoms with Gasteiger partial charge in [-0.3, -0.25) is 14.4 Å². The average Bonchev–Trinajstić information content (AvgIpc) is 3.21. The maximum Gasteiger partial charge on any atom is 0.322 e. The van der Waals surface area contributed by atoms with Crippen molar-refractivity contribution in [3.63, 3.8) is 0 Å². The molecular formula is C20H20N4O4S. The molecule has 0 bridgehead atoms. The number of hydrogen-bond acceptors (Lipinski definition) is 6. The number of aromatic nitrogens is 2. The standard InChI is InChI=1S/C20H20N4O4S/c1-2-18-22-23-20(28-18)21-19(25)15-9-11-16(12-10-15)29(26,27)24-13-5-7-14-6-3-4-8-17(14)24/h3-4,6,8-12H,2,5,7,13H2,1H3,(H,21,23,25). The molecule has 9 heteroatoms. The molecule has 0 radical (unpaired) electrons. The van der Waals surface area contributed by atoms with Crippen LogP contribution in [0.15, 0.2) is 57.8 Å². The molecule has 2 heterocycles. The first-order chi connectivity index (χ1) is 14.0. The van der Waals surface area contributed by atoms with E-state index in [1.807, 2.05) is 31.2 Å². The predicted molar refractivity (Wildman–Crippen MR) is 107 cm³/mol. The molecule has 1 aliphatic rings. The lowest BCUT2D eigenvalue weighted by molar-refractivity contribution is 0.102. The second kappa shape index (κ2) is 7.67. The molecule has 8 nitrogen and oxygen atoms in total. The lowest BCUT2D eigenvalue weighted by Crippen LogP contribution is -2.35. The van der Waals surface area contributed by atoms with Crippen molar-refractivity contribution in [2.24, 2.45) is 0 Å². The fraction of sp³-hybridized carbons (Fsp3) is 0.250. The molecule has 1 aliphatic heterocycles. The minimum atomic E-state index is -3.72. The highest BCUT2D eigenvalue weighted by Gasteiger charge is 2.29. The second-order valence-electron chi connectivity index (χ2n) is 6.64. The van der Waals surface area contributed by atoms with Gasteiger partial charge in [-0.05, 0) is 48.7 Å². The first kappa shape index (κ1) is 19.1. The van der Waals surface area contributed by atoms with E-state index in [1.54, 1.807) is 0 Å². The Morgan fingerprint density at radius 2 is 1.90 bits per heavy atom. The summed E-state index contributed by atoms with van der Waals surface area (Å²) in [6.45, 7) is 2.29. The fourth-order valence-electron chi connectivity index (χ4n) is 3.27. The van der Waals surface area contributed by atoms with Gasteiger partial charge in [0.25, 0.3) is 15.9 Å². The van der Waals surface area contributed by atoms with Gasteiger partial charge < -0.3 is 4.42 Å². The van der Waals surface area contributed by atoms with Gasteiger partial charge in [-0.25, -0.2) is 8.42 Å². The Bertz CT molecular complexity index is 1140. The summed E-state index contributed by atoms with van der Waals surface area (Å²) in [5.74, 6) is -0.0351. The van der Waals surface area contributed by atoms with Crippen LogP contribution in [0.1, 0.15) is 35.2 Å². The quantitative estimate of drug-likeness (QED) is 0.691. The van der Waals surface area contributed by atoms with Crippen molar-refractivity contribution in [1.29, 1.82) is 0 Å². The number of amides is 1. The Labute approximate surface area is 168 Å². The van der Waals surface area contributed by atoms with Gasteiger partial charge in [-0.1, -0.05) is 30.2 Å². The lowest BCUT2D eigenvalue weighted by Gasteiger charge is -2.30. The largest absolute Gasteiger partial charge is 0.408 e. The molecule has 2 aromatic carbocycles. The van der Waals surface area contributed by atoms with Crippen LogP contribution >= 0.6 is 0 Å². The number of carbonyl (C=O) groups excluding carboxylic acids is 1. The molecule has 3 aromatic rings. The number of hydrogen-bond donors (Lipinski definition) is 1. The molecule has 0 atom stereocenters. The summed E-state index contributed by atoms with van der Waals surface area (Å²) in [6.07, 6.45) is 2.19. The van der Waals surface area contributed by atoms with E-state index in [2.05, 4.69) is 15.5 Å². The number of nitrogens with zero attached hydrogens (tertiary/aromatic N) is 3. The summed E-state index contributed by atoms with van der Waals surface area (Å²) >= 11 is 0. The summed E-state index contributed by atoms with van der Waals surface area (Å²) in [7, 11) is -3.72. The molecule has 0 unspecified atom stereocenters. The van der Waals surface area contributed by atoms with Crippen LogP contribution in [-0.2, 0) is 22.9 Å². The van der Waals surface area contributed by atoms with Gasteiger partial charge in [0.1, 0.15) is 0 Å². The van der Waals surface area contributed by atoms with Crippen LogP contribution in [0, 0.1) is 0 Å². The summed E-state index contributed by atoms with van der Waals surface area (Å²) in [5.41, 5.74) is 2.02. The number of sulfonamides is 1. The van der Waals surface area contributed by atoms with Crippen molar-refractivity contribution < 1.29 is 17.6 Å². The third kappa shape index (κ3) is 3.73. The molecule has 1 N–H and O–H groups in total. The van der Waals surface area contributed by atoms with Crippen molar-refractivity contribution >= 4 is 27.6 Å². The first-order valence-electron chi connectivity index (χ1n) is 9.33. The normalized spacial score (nSPS) is 13.8. The van der Waals surface area contributed by atoms with Crippen molar-refractivity contribution in [1.82, 2.24) is 10.2 Å². The molecule has 0 saturated carbocycles. The van der Waals surface area contributed by atoms with Gasteiger partial charge in [-0.15, -0.1) is 5.10 Å². The minimum absolute atomic E-state index is 0.00784. The maximum atomic E-state index is 13.2. The smallest absolute Gasteiger partial charge is 0.322 e. The number of aryl methyl sites for hydroxylation is 2. The summed E-state index contributed by atoms with van der Waals surface area (Å²) in [6, 6.07) is 13.3. The third-order valence-electron chi connectivity index (χ3n) is 4.76. The van der Waals surface area contributed by atoms with Crippen LogP contribution in [0.2, 0.25) is 0 Å². The Morgan fingerprint density at radius 3 is 2.62 bits per heavy atom. The molecule has 29 heavy (non-hydrogen) atoms. The summed E-state index contributed by atoms with van der Waals surface area (Å²) < 4.78 is 33.0. The van der Waals surface area contributed by atoms with E-state index in [1.165, 1.54) is 28.6 Å². The van der Waals surface area contributed by atoms with Crippen LogP contribution in [0.5, 0.6) is 0 Å². The van der Waals surface area contributed by atoms with Gasteiger partial charge >= 0.3 is 6.01 Å². The molecule has 4 rings (SSSR count). The highest BCUT2D eigenvalue weighted by atomic mass is 32.2. The Hall–Kier alpha value is -3.20. The Morgan fingerprint density at radius 1 is 1.14 bits per heavy atom. The molecule has 0 saturated heterocycles. The molecule has 150 valence electrons. The first-order valence-corrected chi connectivity index (χ1v) is 10.8. The molecule has 0 fully saturated rings. The Kier molecular flexibility index (Phi) is 5.06. The number of carbonyl (C=O) groups is 1. The summed E-state index contributed by atoms with van der Waals surface area (Å²) in [5, 5.41) is 10.0. The number of anilines is 2. The number of para-hydroxylation sites is 1. The highest BCUT2D eigenvalue weighted by molar-refractivity contribution is 7.92. The third-order valence-corrected chi connectivity index (χ3v) is 6.59. The van der Waals surface area contributed by atoms with Crippen LogP contribution < -0.4 is 9.62 Å². The van der Waals surface area contributed by atoms with Crippen LogP contribution in [0.3, 0.4) is 0 Å². The molecular weight excluding hydrogens is 392 g/mol. The number of fused-ring (bicyclic) bond motifs is 1. The van der Waals surface area contributed by atoms with Gasteiger partial charge in [0.15, 0.2) is 0 Å². The fourth-order valence-corrected chi connectivity index (χ4v) is 4.81. The number of nitrogens with one attached hydrogen (secondary N) is 1. The predicted octanol–water partition coefficient (Wildman–Crippen LogP) is 3.03. The molecule has 1 amide bonds. The second-order valence-corrected chi connectivity index (χ2v) is 8.50. The molecule has 1 aromatic heterocycles. The zero-order valence-electron chi connectivity index (χ0n) is 15.8. The average molecular weight is 412 g/mol. The highest BCUT2D eigenvalue weighted by Crippen LogP contribution is 2.31. The Balaban J connectivity index is 1.55. The van der Waals surface area contributed by atoms with E-state index < -0.39 is 15.9 Å². The van der Waals surface area contributed by atoms with Crippen LogP contribution in [0.25, 0.3) is 0 Å². The number of benzene rings is 2. The van der Waals surface area contributed by atoms with Crippen LogP contribution in [0.4, 0.5) is 11.7 Å². The van der Waals surface area contributed by atoms with Crippen molar-refractivity contribution in [2.45, 2.75) is 31.1 Å². The van der Waals surface area contributed by atoms with E-state index in [9.17, 15) is 13.2 Å². The molecule has 0 spiro atoms. The zero-order chi connectivity index (χ0) is 20.4. The topological polar surface area (TPSA) is 105 Å². The van der Waals surface area contributed by atoms with E-state index in [4.69, 9.17) is 4.42 Å². The van der Waals surface area contributed by atoms with Gasteiger partial charge in [0, 0.05) is 18.5 Å². The van der Waals surface area contributed by atoms with E-state index >= 15 is 0 Å². The van der Waals surface area contributed by atoms with Crippen molar-refractivity contribution in [2.75, 3.05) is 16.2 Å². The maximum absolute atomic E-state index is 13.2. The van der Waals surface area contributed by atoms with Gasteiger partial charge in [-0.2, -0.15) is 0 Å². The van der Waals surface area contributed by atoms with E-state index in [0.717, 1.165) is 18.4 Å². The van der Waals surface area contributed by atoms with Gasteiger partial charge in [0.05, 0.1) is 10.6 Å². The van der Waals surface area contributed by atoms with E-state index in [-0.39, 0.29) is 10.9 Å². The van der Waals surface area contributed by atoms with Crippen molar-refractivity contribution in [3.05, 3.63) is 65.5 Å². The SMILES string of the molecule is CCc1nnc(NC(=O)c2ccc(S(=O)(=O)N3CCCc4ccccc43)cc2)o1. The van der Waals surface area contributed by atoms with Crippen molar-refractivity contribution in [3.8, 4) is 0 Å². The molecule has 0 aliphatic carbocycles. The van der Waals surface area contributed by atoms with Crippen LogP contribution in [-0.4, -0.2) is 31.1 Å². The number of rotatable bonds is 5. The van der Waals surface area contributed by atoms with Gasteiger partial charge in [0.2, 0.25) is 5.89 Å². The monoisotopic (exact) mass is 412 g/mol. The minimum Gasteiger partial charge on any atom is -0.408 e. The lowest BCUT2D eigenvalue weighted by atomic mass is 10.0.